The Morgan fingerprint density at radius 3 is 2.56 bits per heavy atom. The highest BCUT2D eigenvalue weighted by Gasteiger charge is 2.56. The first kappa shape index (κ1) is 24.2. The van der Waals surface area contributed by atoms with Crippen molar-refractivity contribution >= 4 is 5.84 Å². The fourth-order valence-corrected chi connectivity index (χ4v) is 6.75. The predicted molar refractivity (Wildman–Crippen MR) is 115 cm³/mol. The summed E-state index contributed by atoms with van der Waals surface area (Å²) in [6, 6.07) is -1.18. The topological polar surface area (TPSA) is 83.7 Å². The summed E-state index contributed by atoms with van der Waals surface area (Å²) in [6.45, 7) is 5.63. The van der Waals surface area contributed by atoms with Gasteiger partial charge in [-0.2, -0.15) is 13.2 Å². The number of fused-ring (bicyclic) bond motifs is 1. The lowest BCUT2D eigenvalue weighted by Gasteiger charge is -2.48. The van der Waals surface area contributed by atoms with Crippen molar-refractivity contribution in [2.24, 2.45) is 40.3 Å². The van der Waals surface area contributed by atoms with E-state index in [0.29, 0.717) is 11.8 Å². The number of methoxy groups -OCH3 is 1. The van der Waals surface area contributed by atoms with Gasteiger partial charge in [-0.25, -0.2) is 4.39 Å². The molecule has 4 aliphatic rings. The zero-order chi connectivity index (χ0) is 23.2. The molecule has 0 aromatic carbocycles. The van der Waals surface area contributed by atoms with E-state index >= 15 is 0 Å². The Morgan fingerprint density at radius 1 is 1.22 bits per heavy atom. The molecule has 0 spiro atoms. The van der Waals surface area contributed by atoms with Crippen molar-refractivity contribution < 1.29 is 22.3 Å². The van der Waals surface area contributed by atoms with Gasteiger partial charge in [-0.15, -0.1) is 0 Å². The van der Waals surface area contributed by atoms with Crippen LogP contribution in [-0.2, 0) is 4.74 Å². The number of nitrogens with zero attached hydrogens (tertiary/aromatic N) is 1. The minimum Gasteiger partial charge on any atom is -0.381 e. The summed E-state index contributed by atoms with van der Waals surface area (Å²) in [5.41, 5.74) is 6.01. The number of alkyl halides is 4. The molecule has 0 amide bonds. The Labute approximate surface area is 187 Å². The highest BCUT2D eigenvalue weighted by molar-refractivity contribution is 5.80. The molecule has 0 radical (unpaired) electrons. The van der Waals surface area contributed by atoms with Crippen molar-refractivity contribution in [3.05, 3.63) is 0 Å². The standard InChI is InChI=1S/C22H37F4N5O/c1-10(19-16(27)7-15(20(19)23)22(24,25)26)29-21-14-6-13(12-4-5-28-9-12)18(32-3)8-17(14)30-11(2)31-21/h10,12-21,28-29H,4-9,27H2,1-3H3,(H,30,31). The number of hydrogen-bond donors (Lipinski definition) is 4. The van der Waals surface area contributed by atoms with E-state index in [-0.39, 0.29) is 30.7 Å². The third-order valence-corrected chi connectivity index (χ3v) is 8.37. The molecular weight excluding hydrogens is 426 g/mol. The van der Waals surface area contributed by atoms with E-state index in [2.05, 4.69) is 16.0 Å². The van der Waals surface area contributed by atoms with Gasteiger partial charge >= 0.3 is 6.18 Å². The molecule has 1 saturated heterocycles. The van der Waals surface area contributed by atoms with Gasteiger partial charge in [-0.05, 0) is 64.5 Å². The maximum Gasteiger partial charge on any atom is 0.394 e. The third-order valence-electron chi connectivity index (χ3n) is 8.37. The lowest BCUT2D eigenvalue weighted by Crippen LogP contribution is -2.61. The Bertz CT molecular complexity index is 686. The molecule has 32 heavy (non-hydrogen) atoms. The molecule has 0 bridgehead atoms. The van der Waals surface area contributed by atoms with Crippen molar-refractivity contribution in [3.63, 3.8) is 0 Å². The fraction of sp³-hybridized carbons (Fsp3) is 0.955. The number of nitrogens with two attached hydrogens (primary N) is 1. The normalized spacial score (nSPS) is 45.8. The fourth-order valence-electron chi connectivity index (χ4n) is 6.75. The zero-order valence-corrected chi connectivity index (χ0v) is 19.0. The van der Waals surface area contributed by atoms with Gasteiger partial charge in [0.25, 0.3) is 0 Å². The number of hydrogen-bond acceptors (Lipinski definition) is 6. The van der Waals surface area contributed by atoms with Gasteiger partial charge in [-0.3, -0.25) is 10.3 Å². The van der Waals surface area contributed by atoms with Crippen LogP contribution in [-0.4, -0.2) is 68.8 Å². The number of halogens is 4. The summed E-state index contributed by atoms with van der Waals surface area (Å²) in [4.78, 5) is 4.76. The van der Waals surface area contributed by atoms with Gasteiger partial charge < -0.3 is 21.1 Å². The van der Waals surface area contributed by atoms with Crippen LogP contribution in [0, 0.1) is 29.6 Å². The molecule has 4 rings (SSSR count). The van der Waals surface area contributed by atoms with Crippen LogP contribution in [0.5, 0.6) is 0 Å². The molecule has 11 atom stereocenters. The Balaban J connectivity index is 1.49. The molecule has 184 valence electrons. The van der Waals surface area contributed by atoms with Gasteiger partial charge in [0.2, 0.25) is 0 Å². The Morgan fingerprint density at radius 2 is 1.97 bits per heavy atom. The first-order valence-corrected chi connectivity index (χ1v) is 11.9. The zero-order valence-electron chi connectivity index (χ0n) is 19.0. The lowest BCUT2D eigenvalue weighted by atomic mass is 9.69. The van der Waals surface area contributed by atoms with E-state index in [1.54, 1.807) is 14.0 Å². The average Bonchev–Trinajstić information content (AvgIpc) is 3.34. The first-order valence-electron chi connectivity index (χ1n) is 11.9. The summed E-state index contributed by atoms with van der Waals surface area (Å²) < 4.78 is 60.5. The molecule has 2 heterocycles. The molecule has 10 heteroatoms. The second kappa shape index (κ2) is 9.35. The molecule has 0 aromatic heterocycles. The molecule has 2 aliphatic carbocycles. The maximum absolute atomic E-state index is 14.9. The van der Waals surface area contributed by atoms with Crippen LogP contribution in [0.3, 0.4) is 0 Å². The van der Waals surface area contributed by atoms with Crippen LogP contribution in [0.2, 0.25) is 0 Å². The van der Waals surface area contributed by atoms with Crippen molar-refractivity contribution in [2.75, 3.05) is 20.2 Å². The number of ether oxygens (including phenoxy) is 1. The van der Waals surface area contributed by atoms with E-state index < -0.39 is 36.3 Å². The van der Waals surface area contributed by atoms with Crippen molar-refractivity contribution in [3.8, 4) is 0 Å². The molecule has 3 fully saturated rings. The minimum atomic E-state index is -4.57. The molecule has 0 aromatic rings. The largest absolute Gasteiger partial charge is 0.394 e. The minimum absolute atomic E-state index is 0.156. The van der Waals surface area contributed by atoms with Gasteiger partial charge in [0.15, 0.2) is 0 Å². The molecule has 6 nitrogen and oxygen atoms in total. The molecular formula is C22H37F4N5O. The average molecular weight is 464 g/mol. The smallest absolute Gasteiger partial charge is 0.381 e. The van der Waals surface area contributed by atoms with Crippen LogP contribution in [0.15, 0.2) is 4.99 Å². The second-order valence-corrected chi connectivity index (χ2v) is 10.3. The first-order chi connectivity index (χ1) is 15.1. The van der Waals surface area contributed by atoms with E-state index in [4.69, 9.17) is 15.5 Å². The monoisotopic (exact) mass is 463 g/mol. The van der Waals surface area contributed by atoms with Crippen molar-refractivity contribution in [1.29, 1.82) is 0 Å². The van der Waals surface area contributed by atoms with Gasteiger partial charge in [0.1, 0.15) is 12.3 Å². The van der Waals surface area contributed by atoms with Crippen LogP contribution in [0.4, 0.5) is 17.6 Å². The van der Waals surface area contributed by atoms with E-state index in [0.717, 1.165) is 38.2 Å². The summed E-state index contributed by atoms with van der Waals surface area (Å²) in [5.74, 6) is -1.01. The second-order valence-electron chi connectivity index (χ2n) is 10.3. The highest BCUT2D eigenvalue weighted by atomic mass is 19.4. The van der Waals surface area contributed by atoms with Crippen LogP contribution in [0.1, 0.15) is 39.5 Å². The van der Waals surface area contributed by atoms with Crippen LogP contribution < -0.4 is 21.7 Å². The van der Waals surface area contributed by atoms with Crippen LogP contribution in [0.25, 0.3) is 0 Å². The molecule has 2 aliphatic heterocycles. The van der Waals surface area contributed by atoms with E-state index in [1.165, 1.54) is 0 Å². The maximum atomic E-state index is 14.9. The Kier molecular flexibility index (Phi) is 7.06. The van der Waals surface area contributed by atoms with Gasteiger partial charge in [-0.1, -0.05) is 0 Å². The quantitative estimate of drug-likeness (QED) is 0.470. The number of amidine groups is 1. The summed E-state index contributed by atoms with van der Waals surface area (Å²) in [5, 5.41) is 10.3. The number of nitrogens with one attached hydrogen (secondary N) is 3. The molecule has 5 N–H and O–H groups in total. The summed E-state index contributed by atoms with van der Waals surface area (Å²) in [7, 11) is 1.77. The lowest BCUT2D eigenvalue weighted by molar-refractivity contribution is -0.187. The van der Waals surface area contributed by atoms with Gasteiger partial charge in [0, 0.05) is 37.1 Å². The summed E-state index contributed by atoms with van der Waals surface area (Å²) >= 11 is 0. The SMILES string of the molecule is COC1CC2NC(C)=NC(NC(C)C3C(N)CC(C(F)(F)F)C3F)C2CC1C1CCNC1. The highest BCUT2D eigenvalue weighted by Crippen LogP contribution is 2.45. The van der Waals surface area contributed by atoms with Crippen LogP contribution >= 0.6 is 0 Å². The van der Waals surface area contributed by atoms with Gasteiger partial charge in [0.05, 0.1) is 17.9 Å². The summed E-state index contributed by atoms with van der Waals surface area (Å²) in [6.07, 6.45) is -4.19. The third kappa shape index (κ3) is 4.65. The van der Waals surface area contributed by atoms with E-state index in [9.17, 15) is 17.6 Å². The molecule has 2 saturated carbocycles. The molecule has 11 unspecified atom stereocenters. The predicted octanol–water partition coefficient (Wildman–Crippen LogP) is 2.20. The number of rotatable bonds is 5. The van der Waals surface area contributed by atoms with Crippen molar-refractivity contribution in [1.82, 2.24) is 16.0 Å². The Hall–Kier alpha value is -0.970. The van der Waals surface area contributed by atoms with Crippen molar-refractivity contribution in [2.45, 2.75) is 82.3 Å². The van der Waals surface area contributed by atoms with E-state index in [1.807, 2.05) is 6.92 Å². The number of aliphatic imine (C=N–C) groups is 1.